The monoisotopic (exact) mass is 330 g/mol. The molecule has 15 heavy (non-hydrogen) atoms. The minimum absolute atomic E-state index is 0.378. The van der Waals surface area contributed by atoms with Crippen molar-refractivity contribution in [3.8, 4) is 0 Å². The molecule has 0 fully saturated rings. The van der Waals surface area contributed by atoms with E-state index in [4.69, 9.17) is 0 Å². The molecule has 0 aromatic heterocycles. The van der Waals surface area contributed by atoms with Gasteiger partial charge in [-0.05, 0) is 33.6 Å². The number of rotatable bonds is 3. The Morgan fingerprint density at radius 1 is 1.13 bits per heavy atom. The van der Waals surface area contributed by atoms with E-state index in [-0.39, 0.29) is 0 Å². The van der Waals surface area contributed by atoms with Gasteiger partial charge in [0.05, 0.1) is 11.4 Å². The maximum atomic E-state index is 10.2. The van der Waals surface area contributed by atoms with E-state index >= 15 is 0 Å². The Morgan fingerprint density at radius 2 is 1.73 bits per heavy atom. The van der Waals surface area contributed by atoms with Crippen molar-refractivity contribution in [3.63, 3.8) is 0 Å². The molecule has 0 bridgehead atoms. The lowest BCUT2D eigenvalue weighted by Crippen LogP contribution is -1.80. The molecule has 0 aliphatic rings. The third-order valence-corrected chi connectivity index (χ3v) is 2.86. The summed E-state index contributed by atoms with van der Waals surface area (Å²) >= 11 is 6.50. The van der Waals surface area contributed by atoms with Crippen molar-refractivity contribution < 1.29 is 9.59 Å². The predicted octanol–water partition coefficient (Wildman–Crippen LogP) is 3.28. The lowest BCUT2D eigenvalue weighted by Gasteiger charge is -2.03. The molecule has 0 aliphatic heterocycles. The van der Waals surface area contributed by atoms with Crippen molar-refractivity contribution in [2.75, 3.05) is 0 Å². The number of carbonyl (C=O) groups excluding carboxylic acids is 2. The summed E-state index contributed by atoms with van der Waals surface area (Å²) in [5.74, 6) is 0. The number of hydrogen-bond donors (Lipinski definition) is 0. The topological polar surface area (TPSA) is 58.9 Å². The third kappa shape index (κ3) is 2.94. The van der Waals surface area contributed by atoms with E-state index in [0.29, 0.717) is 21.2 Å². The molecule has 6 heteroatoms. The zero-order chi connectivity index (χ0) is 11.3. The zero-order valence-electron chi connectivity index (χ0n) is 7.33. The number of alkyl halides is 1. The largest absolute Gasteiger partial charge is 0.240 e. The standard InChI is InChI=1S/C9H4Br2N2O2/c10-3-6-1-7(11)9(13-5-15)2-8(6)12-4-14/h1-2H,3H2. The van der Waals surface area contributed by atoms with Gasteiger partial charge in [0.25, 0.3) is 0 Å². The van der Waals surface area contributed by atoms with Crippen LogP contribution in [0.4, 0.5) is 11.4 Å². The van der Waals surface area contributed by atoms with E-state index in [1.165, 1.54) is 18.2 Å². The van der Waals surface area contributed by atoms with Crippen LogP contribution in [0.1, 0.15) is 5.56 Å². The molecular formula is C9H4Br2N2O2. The second-order valence-electron chi connectivity index (χ2n) is 2.47. The number of halogens is 2. The average molecular weight is 332 g/mol. The van der Waals surface area contributed by atoms with Gasteiger partial charge in [-0.2, -0.15) is 9.98 Å². The normalized spacial score (nSPS) is 8.93. The lowest BCUT2D eigenvalue weighted by atomic mass is 10.2. The summed E-state index contributed by atoms with van der Waals surface area (Å²) in [6.07, 6.45) is 2.87. The van der Waals surface area contributed by atoms with E-state index in [9.17, 15) is 9.59 Å². The number of isocyanates is 2. The fourth-order valence-electron chi connectivity index (χ4n) is 0.987. The molecule has 0 atom stereocenters. The highest BCUT2D eigenvalue weighted by molar-refractivity contribution is 9.10. The summed E-state index contributed by atoms with van der Waals surface area (Å²) in [6.45, 7) is 0. The van der Waals surface area contributed by atoms with Gasteiger partial charge in [-0.15, -0.1) is 0 Å². The van der Waals surface area contributed by atoms with Crippen molar-refractivity contribution in [3.05, 3.63) is 22.2 Å². The van der Waals surface area contributed by atoms with E-state index < -0.39 is 0 Å². The van der Waals surface area contributed by atoms with E-state index in [2.05, 4.69) is 41.8 Å². The van der Waals surface area contributed by atoms with Crippen LogP contribution in [-0.2, 0) is 14.9 Å². The smallest absolute Gasteiger partial charge is 0.211 e. The first-order valence-corrected chi connectivity index (χ1v) is 5.68. The van der Waals surface area contributed by atoms with Crippen LogP contribution in [0.2, 0.25) is 0 Å². The molecule has 1 aromatic carbocycles. The van der Waals surface area contributed by atoms with Crippen molar-refractivity contribution in [1.29, 1.82) is 0 Å². The molecular weight excluding hydrogens is 328 g/mol. The van der Waals surface area contributed by atoms with Gasteiger partial charge in [0.1, 0.15) is 0 Å². The van der Waals surface area contributed by atoms with Gasteiger partial charge in [-0.3, -0.25) is 0 Å². The molecule has 0 saturated carbocycles. The molecule has 0 saturated heterocycles. The molecule has 0 unspecified atom stereocenters. The van der Waals surface area contributed by atoms with Crippen molar-refractivity contribution in [2.24, 2.45) is 9.98 Å². The van der Waals surface area contributed by atoms with Crippen LogP contribution in [0.3, 0.4) is 0 Å². The molecule has 0 radical (unpaired) electrons. The number of aliphatic imine (C=N–C) groups is 2. The summed E-state index contributed by atoms with van der Waals surface area (Å²) in [4.78, 5) is 27.3. The van der Waals surface area contributed by atoms with Crippen LogP contribution in [-0.4, -0.2) is 12.2 Å². The van der Waals surface area contributed by atoms with Crippen LogP contribution < -0.4 is 0 Å². The summed E-state index contributed by atoms with van der Waals surface area (Å²) in [5.41, 5.74) is 1.61. The number of nitrogens with zero attached hydrogens (tertiary/aromatic N) is 2. The van der Waals surface area contributed by atoms with Crippen LogP contribution in [0.5, 0.6) is 0 Å². The van der Waals surface area contributed by atoms with Gasteiger partial charge in [-0.1, -0.05) is 15.9 Å². The van der Waals surface area contributed by atoms with Crippen molar-refractivity contribution in [2.45, 2.75) is 5.33 Å². The fraction of sp³-hybridized carbons (Fsp3) is 0.111. The second kappa shape index (κ2) is 5.73. The lowest BCUT2D eigenvalue weighted by molar-refractivity contribution is 0.564. The first kappa shape index (κ1) is 12.0. The van der Waals surface area contributed by atoms with E-state index in [1.54, 1.807) is 6.07 Å². The van der Waals surface area contributed by atoms with Crippen LogP contribution in [0, 0.1) is 0 Å². The van der Waals surface area contributed by atoms with Crippen LogP contribution in [0.25, 0.3) is 0 Å². The summed E-state index contributed by atoms with van der Waals surface area (Å²) in [7, 11) is 0. The van der Waals surface area contributed by atoms with Crippen LogP contribution in [0.15, 0.2) is 26.6 Å². The number of hydrogen-bond acceptors (Lipinski definition) is 4. The molecule has 0 amide bonds. The first-order chi connectivity index (χ1) is 7.22. The summed E-state index contributed by atoms with van der Waals surface area (Å²) in [6, 6.07) is 3.23. The van der Waals surface area contributed by atoms with Crippen molar-refractivity contribution >= 4 is 55.4 Å². The van der Waals surface area contributed by atoms with Gasteiger partial charge in [0.2, 0.25) is 12.2 Å². The minimum Gasteiger partial charge on any atom is -0.211 e. The maximum absolute atomic E-state index is 10.2. The Balaban J connectivity index is 3.42. The Morgan fingerprint density at radius 3 is 2.27 bits per heavy atom. The molecule has 1 rings (SSSR count). The summed E-state index contributed by atoms with van der Waals surface area (Å²) < 4.78 is 0.644. The van der Waals surface area contributed by atoms with Gasteiger partial charge < -0.3 is 0 Å². The van der Waals surface area contributed by atoms with Gasteiger partial charge >= 0.3 is 0 Å². The number of benzene rings is 1. The van der Waals surface area contributed by atoms with Gasteiger partial charge in [0, 0.05) is 9.80 Å². The average Bonchev–Trinajstić information content (AvgIpc) is 2.23. The quantitative estimate of drug-likeness (QED) is 0.485. The second-order valence-corrected chi connectivity index (χ2v) is 3.89. The Kier molecular flexibility index (Phi) is 4.59. The van der Waals surface area contributed by atoms with E-state index in [0.717, 1.165) is 5.56 Å². The molecule has 0 aliphatic carbocycles. The highest BCUT2D eigenvalue weighted by atomic mass is 79.9. The highest BCUT2D eigenvalue weighted by Crippen LogP contribution is 2.33. The SMILES string of the molecule is O=C=Nc1cc(N=C=O)c(CBr)cc1Br. The molecule has 0 N–H and O–H groups in total. The highest BCUT2D eigenvalue weighted by Gasteiger charge is 2.06. The van der Waals surface area contributed by atoms with E-state index in [1.807, 2.05) is 0 Å². The fourth-order valence-corrected chi connectivity index (χ4v) is 1.92. The summed E-state index contributed by atoms with van der Waals surface area (Å²) in [5, 5.41) is 0.539. The van der Waals surface area contributed by atoms with Gasteiger partial charge in [0.15, 0.2) is 0 Å². The molecule has 76 valence electrons. The molecule has 1 aromatic rings. The van der Waals surface area contributed by atoms with Crippen LogP contribution >= 0.6 is 31.9 Å². The molecule has 0 spiro atoms. The third-order valence-electron chi connectivity index (χ3n) is 1.62. The Hall–Kier alpha value is -1.06. The predicted molar refractivity (Wildman–Crippen MR) is 62.3 cm³/mol. The van der Waals surface area contributed by atoms with Crippen molar-refractivity contribution in [1.82, 2.24) is 0 Å². The first-order valence-electron chi connectivity index (χ1n) is 3.77. The molecule has 0 heterocycles. The Bertz CT molecular complexity index is 475. The molecule has 4 nitrogen and oxygen atoms in total. The Labute approximate surface area is 102 Å². The zero-order valence-corrected chi connectivity index (χ0v) is 10.5. The maximum Gasteiger partial charge on any atom is 0.240 e. The minimum atomic E-state index is 0.378. The van der Waals surface area contributed by atoms with Gasteiger partial charge in [-0.25, -0.2) is 9.59 Å².